The average molecular weight is 657 g/mol. The number of fused-ring (bicyclic) bond motifs is 2. The number of rotatable bonds is 11. The largest absolute Gasteiger partial charge is 1.00 e. The van der Waals surface area contributed by atoms with Gasteiger partial charge in [0.15, 0.2) is 0 Å². The van der Waals surface area contributed by atoms with Gasteiger partial charge in [0.1, 0.15) is 0 Å². The quantitative estimate of drug-likeness (QED) is 0.0999. The van der Waals surface area contributed by atoms with Crippen molar-refractivity contribution in [2.75, 3.05) is 23.8 Å². The van der Waals surface area contributed by atoms with Crippen molar-refractivity contribution in [2.45, 2.75) is 54.8 Å². The van der Waals surface area contributed by atoms with E-state index in [0.29, 0.717) is 30.0 Å². The molecule has 1 aromatic heterocycles. The van der Waals surface area contributed by atoms with Crippen LogP contribution in [0.25, 0.3) is 22.7 Å². The molecule has 2 unspecified atom stereocenters. The van der Waals surface area contributed by atoms with Gasteiger partial charge in [0.2, 0.25) is 16.2 Å². The summed E-state index contributed by atoms with van der Waals surface area (Å²) in [5.74, 6) is -0.301. The summed E-state index contributed by atoms with van der Waals surface area (Å²) in [4.78, 5) is 2.30. The number of pyridine rings is 1. The van der Waals surface area contributed by atoms with E-state index in [1.807, 2.05) is 54.2 Å². The Morgan fingerprint density at radius 2 is 1.60 bits per heavy atom. The average Bonchev–Trinajstić information content (AvgIpc) is 3.27. The van der Waals surface area contributed by atoms with E-state index in [1.54, 1.807) is 0 Å². The van der Waals surface area contributed by atoms with Gasteiger partial charge in [-0.05, 0) is 43.4 Å². The first-order valence-electron chi connectivity index (χ1n) is 13.8. The molecule has 5 rings (SSSR count). The van der Waals surface area contributed by atoms with Crippen LogP contribution in [0.2, 0.25) is 0 Å². The van der Waals surface area contributed by atoms with Crippen LogP contribution in [0.4, 0.5) is 0 Å². The molecule has 220 valence electrons. The third kappa shape index (κ3) is 8.76. The molecule has 2 aliphatic rings. The van der Waals surface area contributed by atoms with Crippen molar-refractivity contribution in [3.8, 4) is 5.69 Å². The summed E-state index contributed by atoms with van der Waals surface area (Å²) in [5, 5.41) is 3.49. The molecule has 0 bridgehead atoms. The van der Waals surface area contributed by atoms with Gasteiger partial charge in [0.25, 0.3) is 0 Å². The van der Waals surface area contributed by atoms with Crippen molar-refractivity contribution in [1.82, 2.24) is 4.90 Å². The van der Waals surface area contributed by atoms with Crippen LogP contribution in [0.15, 0.2) is 70.7 Å². The molecule has 1 aliphatic heterocycles. The van der Waals surface area contributed by atoms with Crippen molar-refractivity contribution in [1.29, 1.82) is 0 Å². The number of nitrogens with zero attached hydrogens (tertiary/aromatic N) is 2. The molecule has 42 heavy (non-hydrogen) atoms. The number of thioether (sulfide) groups is 2. The van der Waals surface area contributed by atoms with E-state index < -0.39 is 26.0 Å². The molecule has 13 heteroatoms. The summed E-state index contributed by atoms with van der Waals surface area (Å²) in [6, 6.07) is 20.5. The summed E-state index contributed by atoms with van der Waals surface area (Å²) < 4.78 is 69.6. The molecule has 2 fully saturated rings. The van der Waals surface area contributed by atoms with Gasteiger partial charge < -0.3 is 14.0 Å². The fourth-order valence-corrected chi connectivity index (χ4v) is 9.48. The summed E-state index contributed by atoms with van der Waals surface area (Å²) in [6.45, 7) is 0.515. The molecule has 2 atom stereocenters. The fourth-order valence-electron chi connectivity index (χ4n) is 5.68. The van der Waals surface area contributed by atoms with Crippen molar-refractivity contribution in [3.05, 3.63) is 71.3 Å². The maximum atomic E-state index is 11.3. The number of hydrogen-bond donors (Lipinski definition) is 0. The van der Waals surface area contributed by atoms with Crippen molar-refractivity contribution >= 4 is 60.7 Å². The Labute approximate surface area is 279 Å². The van der Waals surface area contributed by atoms with Gasteiger partial charge in [-0.2, -0.15) is 0 Å². The van der Waals surface area contributed by atoms with E-state index in [4.69, 9.17) is 0 Å². The van der Waals surface area contributed by atoms with Crippen molar-refractivity contribution in [2.24, 2.45) is 0 Å². The van der Waals surface area contributed by atoms with Crippen LogP contribution in [-0.2, 0) is 20.2 Å². The first-order chi connectivity index (χ1) is 19.6. The second-order valence-electron chi connectivity index (χ2n) is 10.4. The zero-order chi connectivity index (χ0) is 29.0. The van der Waals surface area contributed by atoms with Crippen LogP contribution >= 0.6 is 23.5 Å². The number of aromatic nitrogens is 1. The van der Waals surface area contributed by atoms with Gasteiger partial charge >= 0.3 is 29.6 Å². The van der Waals surface area contributed by atoms with Gasteiger partial charge in [-0.25, -0.2) is 16.8 Å². The van der Waals surface area contributed by atoms with Crippen LogP contribution in [0.5, 0.6) is 0 Å². The summed E-state index contributed by atoms with van der Waals surface area (Å²) in [7, 11) is -8.55. The summed E-state index contributed by atoms with van der Waals surface area (Å²) in [6.07, 6.45) is 7.19. The molecular weight excluding hydrogens is 624 g/mol. The van der Waals surface area contributed by atoms with E-state index in [2.05, 4.69) is 33.7 Å². The van der Waals surface area contributed by atoms with Crippen LogP contribution in [-0.4, -0.2) is 65.9 Å². The zero-order valence-corrected chi connectivity index (χ0v) is 28.8. The van der Waals surface area contributed by atoms with Gasteiger partial charge in [0.05, 0.1) is 30.7 Å². The molecular formula is C29H33N2NaO6S4. The van der Waals surface area contributed by atoms with Gasteiger partial charge in [-0.1, -0.05) is 54.9 Å². The molecule has 0 spiro atoms. The Balaban J connectivity index is 0.00000405. The molecule has 3 aromatic rings. The van der Waals surface area contributed by atoms with Gasteiger partial charge in [-0.3, -0.25) is 0 Å². The Hall–Kier alpha value is -1.09. The van der Waals surface area contributed by atoms with Crippen LogP contribution < -0.4 is 34.1 Å². The van der Waals surface area contributed by atoms with Gasteiger partial charge in [-0.15, -0.1) is 16.3 Å². The van der Waals surface area contributed by atoms with Crippen LogP contribution in [0.1, 0.15) is 44.1 Å². The summed E-state index contributed by atoms with van der Waals surface area (Å²) in [5.41, 5.74) is 2.98. The third-order valence-corrected chi connectivity index (χ3v) is 11.6. The minimum absolute atomic E-state index is 0. The molecule has 1 saturated heterocycles. The predicted molar refractivity (Wildman–Crippen MR) is 163 cm³/mol. The van der Waals surface area contributed by atoms with E-state index in [-0.39, 0.29) is 41.7 Å². The maximum absolute atomic E-state index is 11.3. The maximum Gasteiger partial charge on any atom is 1.00 e. The standard InChI is InChI=1S/C29H34N2O6S4.Na/c32-40(33,34)18-8-16-30-26-14-6-7-15-27(26)39-28(30)20-22-21-29(38-17-9-19-41(35,36)37)31(23-10-2-1-3-11-23)25-13-5-4-12-24(22)25;/h1-5,10-13,20-21,26-27H,6-9,14-19H2,(H-,32,33,34,35,36,37);/q;+1/p-1. The predicted octanol–water partition coefficient (Wildman–Crippen LogP) is 1.74. The van der Waals surface area contributed by atoms with Crippen molar-refractivity contribution in [3.63, 3.8) is 0 Å². The van der Waals surface area contributed by atoms with Crippen LogP contribution in [0, 0.1) is 0 Å². The molecule has 0 amide bonds. The second-order valence-corrected chi connectivity index (χ2v) is 15.8. The molecule has 8 nitrogen and oxygen atoms in total. The fraction of sp³-hybridized carbons (Fsp3) is 0.414. The molecule has 2 aromatic carbocycles. The van der Waals surface area contributed by atoms with E-state index >= 15 is 0 Å². The van der Waals surface area contributed by atoms with E-state index in [0.717, 1.165) is 51.5 Å². The number of benzene rings is 2. The van der Waals surface area contributed by atoms with E-state index in [1.165, 1.54) is 18.2 Å². The van der Waals surface area contributed by atoms with Crippen molar-refractivity contribution < 1.29 is 60.1 Å². The van der Waals surface area contributed by atoms with Crippen LogP contribution in [0.3, 0.4) is 0 Å². The molecule has 1 aliphatic carbocycles. The van der Waals surface area contributed by atoms with E-state index in [9.17, 15) is 25.9 Å². The smallest absolute Gasteiger partial charge is 0.748 e. The zero-order valence-electron chi connectivity index (χ0n) is 23.6. The SMILES string of the molecule is O=S(=O)([O-])CCCSc1cc(/C=C2/SC3CCCCC3N2CCCS(=O)(=O)[O-])c2ccccc2[n+]1-c1ccccc1.[Na+]. The monoisotopic (exact) mass is 656 g/mol. The first kappa shape index (κ1) is 33.8. The minimum atomic E-state index is -4.28. The molecule has 0 radical (unpaired) electrons. The Morgan fingerprint density at radius 3 is 2.33 bits per heavy atom. The number of para-hydroxylation sites is 2. The Morgan fingerprint density at radius 1 is 0.929 bits per heavy atom. The van der Waals surface area contributed by atoms with Gasteiger partial charge in [0, 0.05) is 59.4 Å². The second kappa shape index (κ2) is 14.8. The summed E-state index contributed by atoms with van der Waals surface area (Å²) >= 11 is 3.35. The first-order valence-corrected chi connectivity index (χ1v) is 18.8. The molecule has 0 N–H and O–H groups in total. The minimum Gasteiger partial charge on any atom is -0.748 e. The number of hydrogen-bond acceptors (Lipinski definition) is 9. The topological polar surface area (TPSA) is 122 Å². The Bertz CT molecular complexity index is 1630. The normalized spacial score (nSPS) is 20.0. The molecule has 1 saturated carbocycles. The Kier molecular flexibility index (Phi) is 11.9. The molecule has 2 heterocycles. The third-order valence-electron chi connectivity index (χ3n) is 7.45.